The quantitative estimate of drug-likeness (QED) is 0.865. The molecule has 2 atom stereocenters. The van der Waals surface area contributed by atoms with Gasteiger partial charge in [-0.2, -0.15) is 5.26 Å². The Balaban J connectivity index is 1.96. The number of nitrogens with one attached hydrogen (secondary N) is 1. The maximum absolute atomic E-state index is 12.3. The Hall–Kier alpha value is -1.02. The summed E-state index contributed by atoms with van der Waals surface area (Å²) in [5.41, 5.74) is 1.14. The number of rotatable bonds is 4. The van der Waals surface area contributed by atoms with Gasteiger partial charge in [-0.15, -0.1) is 4.72 Å². The number of hydrogen-bond donors (Lipinski definition) is 1. The van der Waals surface area contributed by atoms with Gasteiger partial charge in [-0.1, -0.05) is 37.5 Å². The molecule has 2 rings (SSSR count). The van der Waals surface area contributed by atoms with E-state index < -0.39 is 11.4 Å². The molecule has 0 saturated heterocycles. The first-order valence-electron chi connectivity index (χ1n) is 7.24. The molecule has 1 saturated carbocycles. The lowest BCUT2D eigenvalue weighted by molar-refractivity contribution is 0.268. The third-order valence-electron chi connectivity index (χ3n) is 4.14. The van der Waals surface area contributed by atoms with Crippen LogP contribution in [0.4, 0.5) is 0 Å². The molecule has 0 amide bonds. The van der Waals surface area contributed by atoms with E-state index in [1.807, 2.05) is 31.2 Å². The SMILES string of the molecule is Cc1ccc([S@+]([O-])N[C@H](C#N)[C@H]2CC[C@H](C)CC2)cc1. The van der Waals surface area contributed by atoms with Crippen LogP contribution >= 0.6 is 0 Å². The van der Waals surface area contributed by atoms with Crippen molar-refractivity contribution < 1.29 is 4.55 Å². The van der Waals surface area contributed by atoms with Crippen LogP contribution in [-0.2, 0) is 11.4 Å². The summed E-state index contributed by atoms with van der Waals surface area (Å²) in [5.74, 6) is 1.08. The van der Waals surface area contributed by atoms with Gasteiger partial charge in [0, 0.05) is 0 Å². The fraction of sp³-hybridized carbons (Fsp3) is 0.562. The maximum atomic E-state index is 12.3. The topological polar surface area (TPSA) is 58.9 Å². The first-order valence-corrected chi connectivity index (χ1v) is 8.39. The van der Waals surface area contributed by atoms with Crippen LogP contribution in [0.25, 0.3) is 0 Å². The summed E-state index contributed by atoms with van der Waals surface area (Å²) in [6.45, 7) is 4.26. The highest BCUT2D eigenvalue weighted by Gasteiger charge is 2.29. The van der Waals surface area contributed by atoms with E-state index in [2.05, 4.69) is 17.7 Å². The fourth-order valence-electron chi connectivity index (χ4n) is 2.69. The number of hydrogen-bond acceptors (Lipinski definition) is 3. The molecule has 0 spiro atoms. The van der Waals surface area contributed by atoms with Crippen molar-refractivity contribution in [3.63, 3.8) is 0 Å². The van der Waals surface area contributed by atoms with Crippen LogP contribution in [0, 0.1) is 30.1 Å². The summed E-state index contributed by atoms with van der Waals surface area (Å²) in [7, 11) is 0. The molecule has 0 unspecified atom stereocenters. The van der Waals surface area contributed by atoms with Gasteiger partial charge < -0.3 is 4.55 Å². The van der Waals surface area contributed by atoms with Crippen molar-refractivity contribution in [3.8, 4) is 6.07 Å². The molecular formula is C16H22N2OS. The van der Waals surface area contributed by atoms with Gasteiger partial charge in [0.1, 0.15) is 6.04 Å². The van der Waals surface area contributed by atoms with Gasteiger partial charge in [-0.05, 0) is 43.7 Å². The Morgan fingerprint density at radius 1 is 1.25 bits per heavy atom. The Kier molecular flexibility index (Phi) is 5.47. The fourth-order valence-corrected chi connectivity index (χ4v) is 3.69. The third-order valence-corrected chi connectivity index (χ3v) is 5.31. The molecule has 0 heterocycles. The molecule has 0 aliphatic heterocycles. The Labute approximate surface area is 124 Å². The van der Waals surface area contributed by atoms with E-state index in [1.165, 1.54) is 12.8 Å². The van der Waals surface area contributed by atoms with Crippen molar-refractivity contribution >= 4 is 11.4 Å². The lowest BCUT2D eigenvalue weighted by Crippen LogP contribution is -2.40. The standard InChI is InChI=1S/C16H22N2OS/c1-12-3-7-14(8-4-12)16(11-17)18-20(19)15-9-5-13(2)6-10-15/h5-6,9-10,12,14,16,18H,3-4,7-8H2,1-2H3/t12-,14-,16-,20+/m1/s1. The van der Waals surface area contributed by atoms with Crippen molar-refractivity contribution in [2.24, 2.45) is 11.8 Å². The predicted molar refractivity (Wildman–Crippen MR) is 81.2 cm³/mol. The van der Waals surface area contributed by atoms with E-state index in [1.54, 1.807) is 0 Å². The van der Waals surface area contributed by atoms with Crippen LogP contribution in [0.1, 0.15) is 38.2 Å². The zero-order chi connectivity index (χ0) is 14.5. The van der Waals surface area contributed by atoms with Crippen molar-refractivity contribution in [1.82, 2.24) is 4.72 Å². The highest BCUT2D eigenvalue weighted by Crippen LogP contribution is 2.30. The molecule has 1 aromatic carbocycles. The molecule has 4 heteroatoms. The van der Waals surface area contributed by atoms with Crippen LogP contribution in [0.3, 0.4) is 0 Å². The maximum Gasteiger partial charge on any atom is 0.173 e. The molecule has 1 N–H and O–H groups in total. The van der Waals surface area contributed by atoms with Gasteiger partial charge in [-0.3, -0.25) is 0 Å². The number of benzene rings is 1. The highest BCUT2D eigenvalue weighted by atomic mass is 32.2. The van der Waals surface area contributed by atoms with E-state index in [4.69, 9.17) is 0 Å². The van der Waals surface area contributed by atoms with Gasteiger partial charge >= 0.3 is 0 Å². The summed E-state index contributed by atoms with van der Waals surface area (Å²) in [4.78, 5) is 0.736. The normalized spacial score (nSPS) is 25.7. The molecular weight excluding hydrogens is 268 g/mol. The smallest absolute Gasteiger partial charge is 0.173 e. The zero-order valence-corrected chi connectivity index (χ0v) is 13.0. The van der Waals surface area contributed by atoms with E-state index in [9.17, 15) is 9.81 Å². The molecule has 20 heavy (non-hydrogen) atoms. The zero-order valence-electron chi connectivity index (χ0n) is 12.1. The summed E-state index contributed by atoms with van der Waals surface area (Å²) >= 11 is -1.30. The van der Waals surface area contributed by atoms with Gasteiger partial charge in [0.05, 0.1) is 17.4 Å². The van der Waals surface area contributed by atoms with Gasteiger partial charge in [0.15, 0.2) is 4.90 Å². The van der Waals surface area contributed by atoms with E-state index in [0.717, 1.165) is 29.2 Å². The minimum Gasteiger partial charge on any atom is -0.593 e. The van der Waals surface area contributed by atoms with Gasteiger partial charge in [0.2, 0.25) is 0 Å². The summed E-state index contributed by atoms with van der Waals surface area (Å²) in [5, 5.41) is 9.34. The molecule has 1 aliphatic carbocycles. The number of nitriles is 1. The largest absolute Gasteiger partial charge is 0.593 e. The third kappa shape index (κ3) is 3.99. The summed E-state index contributed by atoms with van der Waals surface area (Å²) in [6.07, 6.45) is 4.44. The first kappa shape index (κ1) is 15.4. The minimum atomic E-state index is -1.30. The van der Waals surface area contributed by atoms with Crippen LogP contribution in [-0.4, -0.2) is 10.6 Å². The molecule has 1 aliphatic rings. The number of aryl methyl sites for hydroxylation is 1. The van der Waals surface area contributed by atoms with E-state index in [0.29, 0.717) is 5.92 Å². The van der Waals surface area contributed by atoms with Crippen molar-refractivity contribution in [2.75, 3.05) is 0 Å². The van der Waals surface area contributed by atoms with Crippen molar-refractivity contribution in [2.45, 2.75) is 50.5 Å². The summed E-state index contributed by atoms with van der Waals surface area (Å²) < 4.78 is 15.3. The molecule has 0 aromatic heterocycles. The monoisotopic (exact) mass is 290 g/mol. The van der Waals surface area contributed by atoms with Crippen molar-refractivity contribution in [1.29, 1.82) is 5.26 Å². The van der Waals surface area contributed by atoms with Crippen LogP contribution in [0.15, 0.2) is 29.2 Å². The predicted octanol–water partition coefficient (Wildman–Crippen LogP) is 3.33. The van der Waals surface area contributed by atoms with Crippen molar-refractivity contribution in [3.05, 3.63) is 29.8 Å². The molecule has 108 valence electrons. The molecule has 1 fully saturated rings. The Bertz CT molecular complexity index is 460. The molecule has 0 radical (unpaired) electrons. The average molecular weight is 290 g/mol. The lowest BCUT2D eigenvalue weighted by atomic mass is 9.80. The molecule has 0 bridgehead atoms. The minimum absolute atomic E-state index is 0.315. The summed E-state index contributed by atoms with van der Waals surface area (Å²) in [6, 6.07) is 9.58. The lowest BCUT2D eigenvalue weighted by Gasteiger charge is -2.29. The van der Waals surface area contributed by atoms with Crippen LogP contribution < -0.4 is 4.72 Å². The van der Waals surface area contributed by atoms with Gasteiger partial charge in [-0.25, -0.2) is 0 Å². The second-order valence-corrected chi connectivity index (χ2v) is 7.07. The second-order valence-electron chi connectivity index (χ2n) is 5.83. The second kappa shape index (κ2) is 7.12. The van der Waals surface area contributed by atoms with E-state index >= 15 is 0 Å². The molecule has 1 aromatic rings. The Morgan fingerprint density at radius 2 is 1.85 bits per heavy atom. The number of nitrogens with zero attached hydrogens (tertiary/aromatic N) is 1. The first-order chi connectivity index (χ1) is 9.60. The highest BCUT2D eigenvalue weighted by molar-refractivity contribution is 7.89. The Morgan fingerprint density at radius 3 is 2.40 bits per heavy atom. The van der Waals surface area contributed by atoms with Crippen LogP contribution in [0.2, 0.25) is 0 Å². The van der Waals surface area contributed by atoms with E-state index in [-0.39, 0.29) is 6.04 Å². The van der Waals surface area contributed by atoms with Crippen LogP contribution in [0.5, 0.6) is 0 Å². The average Bonchev–Trinajstić information content (AvgIpc) is 2.46. The van der Waals surface area contributed by atoms with Gasteiger partial charge in [0.25, 0.3) is 0 Å². The molecule has 3 nitrogen and oxygen atoms in total.